The number of carbonyl (C=O) groups excluding carboxylic acids is 3. The number of benzene rings is 1. The molecule has 3 aliphatic heterocycles. The number of nitrogens with zero attached hydrogens (tertiary/aromatic N) is 3. The first-order valence-electron chi connectivity index (χ1n) is 15.3. The van der Waals surface area contributed by atoms with Crippen molar-refractivity contribution < 1.29 is 19.5 Å². The largest absolute Gasteiger partial charge is 0.394 e. The van der Waals surface area contributed by atoms with Crippen LogP contribution in [0, 0.1) is 17.8 Å². The molecule has 3 saturated heterocycles. The number of fused-ring (bicyclic) bond motifs is 1. The van der Waals surface area contributed by atoms with Crippen molar-refractivity contribution >= 4 is 51.1 Å². The van der Waals surface area contributed by atoms with Crippen molar-refractivity contribution in [1.82, 2.24) is 9.80 Å². The standard InChI is InChI=1S/C33H46BrN3O4S/c1-6-9-13-18-35(16-7-2)32(41)29-33-20-25(34)28(42-33)26(27(33)31(40)37(29)24(21-38)19-22(4)5)30(39)36(17-8-3)23-14-11-10-12-15-23/h7-8,10-12,14-15,22,24-29,38H,2-3,6,9,13,16-21H2,1,4-5H3/t24-,25?,26-,27+,28-,29?,33?/m1/s1. The molecular weight excluding hydrogens is 614 g/mol. The van der Waals surface area contributed by atoms with Crippen LogP contribution in [0.2, 0.25) is 0 Å². The molecule has 1 N–H and O–H groups in total. The molecule has 3 amide bonds. The Hall–Kier alpha value is -2.10. The number of anilines is 1. The average molecular weight is 661 g/mol. The zero-order chi connectivity index (χ0) is 30.6. The third-order valence-corrected chi connectivity index (χ3v) is 12.2. The van der Waals surface area contributed by atoms with Gasteiger partial charge in [-0.15, -0.1) is 24.9 Å². The summed E-state index contributed by atoms with van der Waals surface area (Å²) >= 11 is 5.52. The first kappa shape index (κ1) is 32.8. The second-order valence-electron chi connectivity index (χ2n) is 12.2. The molecule has 0 aromatic heterocycles. The van der Waals surface area contributed by atoms with Gasteiger partial charge in [0.05, 0.1) is 29.2 Å². The zero-order valence-corrected chi connectivity index (χ0v) is 27.6. The highest BCUT2D eigenvalue weighted by Crippen LogP contribution is 2.68. The van der Waals surface area contributed by atoms with Gasteiger partial charge in [-0.3, -0.25) is 14.4 Å². The molecule has 3 unspecified atom stereocenters. The van der Waals surface area contributed by atoms with Crippen molar-refractivity contribution in [1.29, 1.82) is 0 Å². The lowest BCUT2D eigenvalue weighted by molar-refractivity contribution is -0.146. The monoisotopic (exact) mass is 659 g/mol. The van der Waals surface area contributed by atoms with Crippen LogP contribution in [0.3, 0.4) is 0 Å². The van der Waals surface area contributed by atoms with E-state index in [2.05, 4.69) is 49.9 Å². The van der Waals surface area contributed by atoms with Crippen LogP contribution in [0.15, 0.2) is 55.6 Å². The quantitative estimate of drug-likeness (QED) is 0.157. The first-order chi connectivity index (χ1) is 20.2. The van der Waals surface area contributed by atoms with Gasteiger partial charge in [-0.2, -0.15) is 0 Å². The Balaban J connectivity index is 1.80. The van der Waals surface area contributed by atoms with Gasteiger partial charge in [0.2, 0.25) is 17.7 Å². The van der Waals surface area contributed by atoms with E-state index in [1.165, 1.54) is 0 Å². The van der Waals surface area contributed by atoms with Crippen LogP contribution in [-0.4, -0.2) is 85.8 Å². The number of hydrogen-bond acceptors (Lipinski definition) is 5. The summed E-state index contributed by atoms with van der Waals surface area (Å²) in [4.78, 5) is 49.0. The van der Waals surface area contributed by atoms with Crippen LogP contribution in [-0.2, 0) is 14.4 Å². The van der Waals surface area contributed by atoms with E-state index in [1.807, 2.05) is 35.2 Å². The lowest BCUT2D eigenvalue weighted by Crippen LogP contribution is -2.58. The van der Waals surface area contributed by atoms with E-state index in [4.69, 9.17) is 0 Å². The Labute approximate surface area is 263 Å². The van der Waals surface area contributed by atoms with E-state index in [9.17, 15) is 19.5 Å². The van der Waals surface area contributed by atoms with Crippen LogP contribution in [0.1, 0.15) is 52.9 Å². The molecule has 1 aromatic rings. The molecule has 3 heterocycles. The number of halogens is 1. The fraction of sp³-hybridized carbons (Fsp3) is 0.606. The normalized spacial score (nSPS) is 28.6. The molecule has 7 atom stereocenters. The van der Waals surface area contributed by atoms with Crippen molar-refractivity contribution in [2.75, 3.05) is 31.1 Å². The highest BCUT2D eigenvalue weighted by Gasteiger charge is 2.76. The number of aliphatic hydroxyl groups excluding tert-OH is 1. The van der Waals surface area contributed by atoms with Crippen molar-refractivity contribution in [3.8, 4) is 0 Å². The zero-order valence-electron chi connectivity index (χ0n) is 25.2. The van der Waals surface area contributed by atoms with E-state index >= 15 is 0 Å². The lowest BCUT2D eigenvalue weighted by atomic mass is 9.70. The second kappa shape index (κ2) is 14.1. The van der Waals surface area contributed by atoms with E-state index in [-0.39, 0.29) is 40.3 Å². The first-order valence-corrected chi connectivity index (χ1v) is 17.1. The van der Waals surface area contributed by atoms with Crippen LogP contribution >= 0.6 is 27.7 Å². The maximum atomic E-state index is 14.7. The molecule has 7 nitrogen and oxygen atoms in total. The van der Waals surface area contributed by atoms with Gasteiger partial charge in [-0.1, -0.05) is 79.9 Å². The Morgan fingerprint density at radius 1 is 1.17 bits per heavy atom. The number of aliphatic hydroxyl groups is 1. The molecule has 3 aliphatic rings. The lowest BCUT2D eigenvalue weighted by Gasteiger charge is -2.40. The highest BCUT2D eigenvalue weighted by molar-refractivity contribution is 9.09. The van der Waals surface area contributed by atoms with Gasteiger partial charge in [-0.25, -0.2) is 0 Å². The summed E-state index contributed by atoms with van der Waals surface area (Å²) in [5, 5.41) is 10.4. The predicted molar refractivity (Wildman–Crippen MR) is 175 cm³/mol. The molecule has 4 rings (SSSR count). The summed E-state index contributed by atoms with van der Waals surface area (Å²) in [5.74, 6) is -1.44. The molecule has 230 valence electrons. The smallest absolute Gasteiger partial charge is 0.247 e. The van der Waals surface area contributed by atoms with Crippen molar-refractivity contribution in [3.05, 3.63) is 55.6 Å². The topological polar surface area (TPSA) is 81.2 Å². The van der Waals surface area contributed by atoms with Gasteiger partial charge in [0.25, 0.3) is 0 Å². The summed E-state index contributed by atoms with van der Waals surface area (Å²) in [6.45, 7) is 15.1. The maximum absolute atomic E-state index is 14.7. The summed E-state index contributed by atoms with van der Waals surface area (Å²) in [7, 11) is 0. The fourth-order valence-electron chi connectivity index (χ4n) is 7.26. The van der Waals surface area contributed by atoms with Gasteiger partial charge in [0.15, 0.2) is 0 Å². The number of unbranched alkanes of at least 4 members (excludes halogenated alkanes) is 2. The van der Waals surface area contributed by atoms with Gasteiger partial charge in [-0.05, 0) is 37.3 Å². The third-order valence-electron chi connectivity index (χ3n) is 8.93. The van der Waals surface area contributed by atoms with Crippen LogP contribution < -0.4 is 4.90 Å². The van der Waals surface area contributed by atoms with E-state index in [0.29, 0.717) is 32.5 Å². The molecule has 42 heavy (non-hydrogen) atoms. The number of thioether (sulfide) groups is 1. The number of para-hydroxylation sites is 1. The summed E-state index contributed by atoms with van der Waals surface area (Å²) in [5.41, 5.74) is 0.756. The number of hydrogen-bond donors (Lipinski definition) is 1. The van der Waals surface area contributed by atoms with Gasteiger partial charge >= 0.3 is 0 Å². The van der Waals surface area contributed by atoms with Gasteiger partial charge in [0, 0.05) is 35.4 Å². The fourth-order valence-corrected chi connectivity index (χ4v) is 10.8. The minimum Gasteiger partial charge on any atom is -0.394 e. The van der Waals surface area contributed by atoms with Gasteiger partial charge < -0.3 is 19.8 Å². The average Bonchev–Trinajstić information content (AvgIpc) is 3.57. The van der Waals surface area contributed by atoms with Crippen LogP contribution in [0.5, 0.6) is 0 Å². The Morgan fingerprint density at radius 3 is 2.45 bits per heavy atom. The number of amides is 3. The second-order valence-corrected chi connectivity index (χ2v) is 14.9. The predicted octanol–water partition coefficient (Wildman–Crippen LogP) is 5.28. The van der Waals surface area contributed by atoms with Crippen molar-refractivity contribution in [3.63, 3.8) is 0 Å². The molecule has 2 bridgehead atoms. The molecule has 9 heteroatoms. The number of alkyl halides is 1. The minimum atomic E-state index is -0.765. The summed E-state index contributed by atoms with van der Waals surface area (Å²) in [6, 6.07) is 8.22. The SMILES string of the molecule is C=CCN(CCCCC)C(=O)C1N([C@@H](CO)CC(C)C)C(=O)[C@@H]2[C@@H](C(=O)N(CC=C)c3ccccc3)[C@@H]3SC12CC3Br. The molecule has 0 radical (unpaired) electrons. The van der Waals surface area contributed by atoms with Crippen molar-refractivity contribution in [2.24, 2.45) is 17.8 Å². The molecule has 1 aromatic carbocycles. The van der Waals surface area contributed by atoms with E-state index < -0.39 is 28.7 Å². The molecule has 1 spiro atoms. The maximum Gasteiger partial charge on any atom is 0.247 e. The number of carbonyl (C=O) groups is 3. The number of rotatable bonds is 15. The van der Waals surface area contributed by atoms with Crippen LogP contribution in [0.4, 0.5) is 5.69 Å². The number of likely N-dealkylation sites (tertiary alicyclic amines) is 1. The third kappa shape index (κ3) is 5.98. The van der Waals surface area contributed by atoms with Crippen molar-refractivity contribution in [2.45, 2.75) is 79.8 Å². The molecule has 0 saturated carbocycles. The summed E-state index contributed by atoms with van der Waals surface area (Å²) < 4.78 is -0.765. The Bertz CT molecular complexity index is 1150. The molecular formula is C33H46BrN3O4S. The van der Waals surface area contributed by atoms with E-state index in [0.717, 1.165) is 24.9 Å². The molecule has 0 aliphatic carbocycles. The Kier molecular flexibility index (Phi) is 11.0. The highest BCUT2D eigenvalue weighted by atomic mass is 79.9. The Morgan fingerprint density at radius 2 is 1.86 bits per heavy atom. The summed E-state index contributed by atoms with van der Waals surface area (Å²) in [6.07, 6.45) is 7.53. The van der Waals surface area contributed by atoms with Crippen LogP contribution in [0.25, 0.3) is 0 Å². The molecule has 3 fully saturated rings. The minimum absolute atomic E-state index is 0.0253. The van der Waals surface area contributed by atoms with E-state index in [1.54, 1.807) is 33.7 Å². The van der Waals surface area contributed by atoms with Gasteiger partial charge in [0.1, 0.15) is 6.04 Å².